The van der Waals surface area contributed by atoms with Crippen LogP contribution in [0, 0.1) is 0 Å². The van der Waals surface area contributed by atoms with Crippen molar-refractivity contribution in [2.45, 2.75) is 140 Å². The Morgan fingerprint density at radius 2 is 0.731 bits per heavy atom. The van der Waals surface area contributed by atoms with Crippen LogP contribution in [0.25, 0.3) is 0 Å². The van der Waals surface area contributed by atoms with E-state index >= 15 is 0 Å². The highest BCUT2D eigenvalue weighted by Gasteiger charge is 2.10. The van der Waals surface area contributed by atoms with Gasteiger partial charge in [0, 0.05) is 0 Å². The van der Waals surface area contributed by atoms with Crippen molar-refractivity contribution in [2.24, 2.45) is 0 Å². The van der Waals surface area contributed by atoms with Crippen molar-refractivity contribution in [3.05, 3.63) is 0 Å². The lowest BCUT2D eigenvalue weighted by atomic mass is 10.1. The third-order valence-electron chi connectivity index (χ3n) is 4.89. The maximum absolute atomic E-state index is 10.0. The van der Waals surface area contributed by atoms with Gasteiger partial charge in [-0.25, -0.2) is 0 Å². The number of aliphatic hydroxyl groups is 2. The molecule has 0 aromatic carbocycles. The largest absolute Gasteiger partial charge is 0.382 e. The normalized spacial score (nSPS) is 13.8. The molecule has 0 bridgehead atoms. The van der Waals surface area contributed by atoms with Crippen LogP contribution < -0.4 is 0 Å². The maximum Gasteiger partial charge on any atom is 0.109 e. The molecule has 0 spiro atoms. The third kappa shape index (κ3) is 20.9. The Kier molecular flexibility index (Phi) is 22.4. The number of rotatable bonds is 21. The van der Waals surface area contributed by atoms with Gasteiger partial charge in [-0.1, -0.05) is 125 Å². The number of aliphatic hydroxyl groups excluding tert-OH is 2. The van der Waals surface area contributed by atoms with Crippen molar-refractivity contribution in [2.75, 3.05) is 0 Å². The summed E-state index contributed by atoms with van der Waals surface area (Å²) in [5, 5.41) is 20.0. The minimum atomic E-state index is -0.326. The molecule has 2 atom stereocenters. The lowest BCUT2D eigenvalue weighted by Crippen LogP contribution is -2.03. The van der Waals surface area contributed by atoms with E-state index in [0.29, 0.717) is 0 Å². The van der Waals surface area contributed by atoms with Gasteiger partial charge in [-0.15, -0.1) is 0 Å². The van der Waals surface area contributed by atoms with Crippen molar-refractivity contribution in [3.63, 3.8) is 0 Å². The van der Waals surface area contributed by atoms with Gasteiger partial charge in [0.25, 0.3) is 0 Å². The van der Waals surface area contributed by atoms with Gasteiger partial charge >= 0.3 is 0 Å². The predicted octanol–water partition coefficient (Wildman–Crippen LogP) is 8.07. The van der Waals surface area contributed by atoms with Crippen molar-refractivity contribution in [1.29, 1.82) is 0 Å². The number of hydrogen-bond acceptors (Lipinski definition) is 4. The molecule has 0 aromatic rings. The number of hydrogen-bond donors (Lipinski definition) is 2. The zero-order chi connectivity index (χ0) is 19.3. The second kappa shape index (κ2) is 21.9. The fourth-order valence-electron chi connectivity index (χ4n) is 3.13. The average molecular weight is 407 g/mol. The van der Waals surface area contributed by atoms with Crippen LogP contribution in [-0.2, 0) is 0 Å². The van der Waals surface area contributed by atoms with Gasteiger partial charge in [0.05, 0.1) is 0 Å². The standard InChI is InChI=1S/C22H46O2S2/c1-3-5-7-9-11-13-15-17-19-21(23)25-26-22(24)20-18-16-14-12-10-8-6-4-2/h21-24H,3-20H2,1-2H3. The zero-order valence-corrected chi connectivity index (χ0v) is 19.2. The molecule has 0 amide bonds. The van der Waals surface area contributed by atoms with E-state index in [1.165, 1.54) is 111 Å². The molecule has 0 aliphatic heterocycles. The van der Waals surface area contributed by atoms with Crippen molar-refractivity contribution in [1.82, 2.24) is 0 Å². The van der Waals surface area contributed by atoms with E-state index < -0.39 is 0 Å². The Bertz CT molecular complexity index is 239. The first-order chi connectivity index (χ1) is 12.7. The molecule has 0 aromatic heterocycles. The monoisotopic (exact) mass is 406 g/mol. The lowest BCUT2D eigenvalue weighted by molar-refractivity contribution is 0.244. The molecule has 2 unspecified atom stereocenters. The van der Waals surface area contributed by atoms with Crippen molar-refractivity contribution >= 4 is 21.6 Å². The van der Waals surface area contributed by atoms with E-state index in [0.717, 1.165) is 25.7 Å². The minimum Gasteiger partial charge on any atom is -0.382 e. The van der Waals surface area contributed by atoms with Crippen LogP contribution in [0.3, 0.4) is 0 Å². The topological polar surface area (TPSA) is 40.5 Å². The fourth-order valence-corrected chi connectivity index (χ4v) is 5.26. The Hall–Kier alpha value is 0.620. The summed E-state index contributed by atoms with van der Waals surface area (Å²) in [4.78, 5) is 0. The SMILES string of the molecule is CCCCCCCCCCC(O)SSC(O)CCCCCCCCCC. The van der Waals surface area contributed by atoms with E-state index in [4.69, 9.17) is 0 Å². The first kappa shape index (κ1) is 26.6. The smallest absolute Gasteiger partial charge is 0.109 e. The van der Waals surface area contributed by atoms with Crippen LogP contribution in [0.5, 0.6) is 0 Å². The molecule has 0 radical (unpaired) electrons. The molecule has 2 nitrogen and oxygen atoms in total. The highest BCUT2D eigenvalue weighted by Crippen LogP contribution is 2.33. The van der Waals surface area contributed by atoms with Gasteiger partial charge in [0.1, 0.15) is 10.9 Å². The molecule has 158 valence electrons. The van der Waals surface area contributed by atoms with Gasteiger partial charge in [-0.05, 0) is 25.7 Å². The maximum atomic E-state index is 10.0. The summed E-state index contributed by atoms with van der Waals surface area (Å²) in [6.07, 6.45) is 22.5. The van der Waals surface area contributed by atoms with E-state index in [1.54, 1.807) is 0 Å². The van der Waals surface area contributed by atoms with Crippen molar-refractivity contribution in [3.8, 4) is 0 Å². The van der Waals surface area contributed by atoms with Crippen LogP contribution in [0.4, 0.5) is 0 Å². The quantitative estimate of drug-likeness (QED) is 0.115. The summed E-state index contributed by atoms with van der Waals surface area (Å²) in [5.74, 6) is 0. The average Bonchev–Trinajstić information content (AvgIpc) is 2.64. The number of unbranched alkanes of at least 4 members (excludes halogenated alkanes) is 14. The predicted molar refractivity (Wildman–Crippen MR) is 122 cm³/mol. The van der Waals surface area contributed by atoms with Gasteiger partial charge in [0.15, 0.2) is 0 Å². The van der Waals surface area contributed by atoms with E-state index in [9.17, 15) is 10.2 Å². The van der Waals surface area contributed by atoms with Gasteiger partial charge in [-0.3, -0.25) is 0 Å². The molecule has 0 rings (SSSR count). The first-order valence-electron chi connectivity index (χ1n) is 11.4. The Labute approximate surface area is 172 Å². The summed E-state index contributed by atoms with van der Waals surface area (Å²) < 4.78 is 0. The molecule has 0 aliphatic carbocycles. The highest BCUT2D eigenvalue weighted by molar-refractivity contribution is 8.77. The Morgan fingerprint density at radius 1 is 0.462 bits per heavy atom. The minimum absolute atomic E-state index is 0.326. The van der Waals surface area contributed by atoms with Crippen LogP contribution >= 0.6 is 21.6 Å². The first-order valence-corrected chi connectivity index (χ1v) is 13.7. The molecule has 0 fully saturated rings. The molecule has 0 saturated carbocycles. The van der Waals surface area contributed by atoms with Gasteiger partial charge < -0.3 is 10.2 Å². The molecule has 2 N–H and O–H groups in total. The fraction of sp³-hybridized carbons (Fsp3) is 1.00. The van der Waals surface area contributed by atoms with E-state index in [1.807, 2.05) is 0 Å². The summed E-state index contributed by atoms with van der Waals surface area (Å²) in [7, 11) is 2.92. The van der Waals surface area contributed by atoms with E-state index in [-0.39, 0.29) is 10.9 Å². The molecule has 0 heterocycles. The second-order valence-corrected chi connectivity index (χ2v) is 10.3. The third-order valence-corrected chi connectivity index (χ3v) is 7.58. The summed E-state index contributed by atoms with van der Waals surface area (Å²) in [6, 6.07) is 0. The summed E-state index contributed by atoms with van der Waals surface area (Å²) in [6.45, 7) is 4.51. The zero-order valence-electron chi connectivity index (χ0n) is 17.6. The van der Waals surface area contributed by atoms with Crippen LogP contribution in [0.2, 0.25) is 0 Å². The van der Waals surface area contributed by atoms with Gasteiger partial charge in [0.2, 0.25) is 0 Å². The Morgan fingerprint density at radius 3 is 1.04 bits per heavy atom. The Balaban J connectivity index is 3.30. The molecule has 4 heteroatoms. The molecule has 26 heavy (non-hydrogen) atoms. The molecule has 0 aliphatic rings. The van der Waals surface area contributed by atoms with Gasteiger partial charge in [-0.2, -0.15) is 0 Å². The molecular formula is C22H46O2S2. The van der Waals surface area contributed by atoms with Crippen LogP contribution in [0.1, 0.15) is 129 Å². The summed E-state index contributed by atoms with van der Waals surface area (Å²) in [5.41, 5.74) is -0.651. The second-order valence-electron chi connectivity index (χ2n) is 7.63. The molecular weight excluding hydrogens is 360 g/mol. The lowest BCUT2D eigenvalue weighted by Gasteiger charge is -2.13. The summed E-state index contributed by atoms with van der Waals surface area (Å²) >= 11 is 0. The van der Waals surface area contributed by atoms with Crippen LogP contribution in [-0.4, -0.2) is 21.1 Å². The van der Waals surface area contributed by atoms with E-state index in [2.05, 4.69) is 13.8 Å². The van der Waals surface area contributed by atoms with Crippen LogP contribution in [0.15, 0.2) is 0 Å². The van der Waals surface area contributed by atoms with Crippen molar-refractivity contribution < 1.29 is 10.2 Å². The highest BCUT2D eigenvalue weighted by atomic mass is 33.1. The molecule has 0 saturated heterocycles.